The van der Waals surface area contributed by atoms with Gasteiger partial charge in [0.25, 0.3) is 0 Å². The minimum Gasteiger partial charge on any atom is -0.494 e. The summed E-state index contributed by atoms with van der Waals surface area (Å²) in [5.74, 6) is -0.0262. The summed E-state index contributed by atoms with van der Waals surface area (Å²) in [5.41, 5.74) is 2.94. The van der Waals surface area contributed by atoms with Crippen LogP contribution in [0.5, 0.6) is 11.8 Å². The van der Waals surface area contributed by atoms with Gasteiger partial charge in [0.2, 0.25) is 5.88 Å². The Bertz CT molecular complexity index is 1130. The van der Waals surface area contributed by atoms with Crippen LogP contribution in [0.25, 0.3) is 22.0 Å². The van der Waals surface area contributed by atoms with Crippen LogP contribution in [-0.4, -0.2) is 32.6 Å². The molecule has 2 aromatic carbocycles. The molecule has 0 radical (unpaired) electrons. The highest BCUT2D eigenvalue weighted by Crippen LogP contribution is 2.37. The van der Waals surface area contributed by atoms with Gasteiger partial charge in [0, 0.05) is 23.2 Å². The zero-order valence-corrected chi connectivity index (χ0v) is 14.7. The Labute approximate surface area is 155 Å². The lowest BCUT2D eigenvalue weighted by molar-refractivity contribution is 0.174. The number of aromatic nitrogens is 2. The van der Waals surface area contributed by atoms with Crippen molar-refractivity contribution < 1.29 is 19.7 Å². The van der Waals surface area contributed by atoms with E-state index in [2.05, 4.69) is 0 Å². The molecule has 0 aliphatic heterocycles. The van der Waals surface area contributed by atoms with Gasteiger partial charge in [0.15, 0.2) is 5.88 Å². The molecule has 0 aliphatic rings. The van der Waals surface area contributed by atoms with Crippen LogP contribution in [0, 0.1) is 0 Å². The van der Waals surface area contributed by atoms with E-state index in [4.69, 9.17) is 4.74 Å². The van der Waals surface area contributed by atoms with E-state index in [0.29, 0.717) is 17.6 Å². The molecule has 2 N–H and O–H groups in total. The second kappa shape index (κ2) is 6.57. The number of benzene rings is 2. The predicted molar refractivity (Wildman–Crippen MR) is 102 cm³/mol. The number of carbonyl (C=O) groups excluding carboxylic acids is 1. The average Bonchev–Trinajstić information content (AvgIpc) is 3.24. The molecular weight excluding hydrogens is 344 g/mol. The van der Waals surface area contributed by atoms with Crippen molar-refractivity contribution in [2.75, 3.05) is 7.11 Å². The van der Waals surface area contributed by atoms with Gasteiger partial charge < -0.3 is 14.9 Å². The summed E-state index contributed by atoms with van der Waals surface area (Å²) in [5, 5.41) is 21.8. The molecule has 6 nitrogen and oxygen atoms in total. The van der Waals surface area contributed by atoms with Gasteiger partial charge >= 0.3 is 6.09 Å². The van der Waals surface area contributed by atoms with Gasteiger partial charge in [-0.25, -0.2) is 4.79 Å². The van der Waals surface area contributed by atoms with Gasteiger partial charge in [0.05, 0.1) is 19.2 Å². The maximum atomic E-state index is 11.8. The molecule has 27 heavy (non-hydrogen) atoms. The minimum atomic E-state index is -0.466. The molecule has 4 rings (SSSR count). The van der Waals surface area contributed by atoms with Gasteiger partial charge in [-0.2, -0.15) is 0 Å². The summed E-state index contributed by atoms with van der Waals surface area (Å²) >= 11 is 0. The SMILES string of the molecule is COC(=O)n1ccc2cc(-c3cc(O)n(Cc4ccccc4)c3O)ccc21. The molecule has 0 unspecified atom stereocenters. The fraction of sp³-hybridized carbons (Fsp3) is 0.0952. The third-order valence-electron chi connectivity index (χ3n) is 4.60. The molecule has 0 spiro atoms. The molecule has 0 fully saturated rings. The van der Waals surface area contributed by atoms with Crippen molar-refractivity contribution in [3.05, 3.63) is 72.4 Å². The van der Waals surface area contributed by atoms with Crippen LogP contribution in [0.2, 0.25) is 0 Å². The van der Waals surface area contributed by atoms with E-state index in [9.17, 15) is 15.0 Å². The number of nitrogens with zero attached hydrogens (tertiary/aromatic N) is 2. The molecule has 6 heteroatoms. The monoisotopic (exact) mass is 362 g/mol. The van der Waals surface area contributed by atoms with Crippen molar-refractivity contribution in [1.82, 2.24) is 9.13 Å². The van der Waals surface area contributed by atoms with Gasteiger partial charge in [0.1, 0.15) is 0 Å². The van der Waals surface area contributed by atoms with Crippen LogP contribution < -0.4 is 0 Å². The summed E-state index contributed by atoms with van der Waals surface area (Å²) < 4.78 is 7.63. The number of hydrogen-bond acceptors (Lipinski definition) is 4. The molecule has 2 heterocycles. The Morgan fingerprint density at radius 3 is 2.56 bits per heavy atom. The first-order chi connectivity index (χ1) is 13.1. The second-order valence-electron chi connectivity index (χ2n) is 6.24. The van der Waals surface area contributed by atoms with Gasteiger partial charge in [-0.3, -0.25) is 9.13 Å². The van der Waals surface area contributed by atoms with Gasteiger partial charge in [-0.15, -0.1) is 0 Å². The first kappa shape index (κ1) is 16.8. The smallest absolute Gasteiger partial charge is 0.418 e. The lowest BCUT2D eigenvalue weighted by Crippen LogP contribution is -2.09. The Kier molecular flexibility index (Phi) is 4.08. The lowest BCUT2D eigenvalue weighted by atomic mass is 10.1. The fourth-order valence-corrected chi connectivity index (χ4v) is 3.23. The van der Waals surface area contributed by atoms with E-state index < -0.39 is 6.09 Å². The van der Waals surface area contributed by atoms with E-state index in [1.807, 2.05) is 36.4 Å². The molecule has 0 saturated carbocycles. The van der Waals surface area contributed by atoms with Crippen molar-refractivity contribution >= 4 is 17.0 Å². The first-order valence-electron chi connectivity index (χ1n) is 8.43. The number of ether oxygens (including phenoxy) is 1. The van der Waals surface area contributed by atoms with Crippen LogP contribution >= 0.6 is 0 Å². The summed E-state index contributed by atoms with van der Waals surface area (Å²) in [7, 11) is 1.33. The number of methoxy groups -OCH3 is 1. The van der Waals surface area contributed by atoms with Crippen LogP contribution in [0.15, 0.2) is 66.9 Å². The molecule has 4 aromatic rings. The van der Waals surface area contributed by atoms with Crippen molar-refractivity contribution in [3.63, 3.8) is 0 Å². The molecule has 0 saturated heterocycles. The number of carbonyl (C=O) groups is 1. The van der Waals surface area contributed by atoms with E-state index >= 15 is 0 Å². The highest BCUT2D eigenvalue weighted by molar-refractivity contribution is 5.92. The zero-order chi connectivity index (χ0) is 19.0. The molecule has 0 bridgehead atoms. The summed E-state index contributed by atoms with van der Waals surface area (Å²) in [4.78, 5) is 11.8. The molecule has 0 atom stereocenters. The molecule has 0 amide bonds. The Balaban J connectivity index is 1.73. The lowest BCUT2D eigenvalue weighted by Gasteiger charge is -2.08. The Hall–Kier alpha value is -3.67. The van der Waals surface area contributed by atoms with Crippen molar-refractivity contribution in [2.45, 2.75) is 6.54 Å². The van der Waals surface area contributed by atoms with Crippen molar-refractivity contribution in [1.29, 1.82) is 0 Å². The largest absolute Gasteiger partial charge is 0.494 e. The second-order valence-corrected chi connectivity index (χ2v) is 6.24. The number of aromatic hydroxyl groups is 2. The Morgan fingerprint density at radius 1 is 1.04 bits per heavy atom. The normalized spacial score (nSPS) is 11.0. The average molecular weight is 362 g/mol. The number of fused-ring (bicyclic) bond motifs is 1. The molecule has 2 aromatic heterocycles. The highest BCUT2D eigenvalue weighted by Gasteiger charge is 2.17. The minimum absolute atomic E-state index is 0.0110. The van der Waals surface area contributed by atoms with Crippen molar-refractivity contribution in [2.24, 2.45) is 0 Å². The van der Waals surface area contributed by atoms with E-state index in [-0.39, 0.29) is 11.8 Å². The van der Waals surface area contributed by atoms with Crippen LogP contribution in [0.3, 0.4) is 0 Å². The molecule has 136 valence electrons. The van der Waals surface area contributed by atoms with Crippen LogP contribution in [0.4, 0.5) is 4.79 Å². The van der Waals surface area contributed by atoms with E-state index in [1.165, 1.54) is 22.3 Å². The summed E-state index contributed by atoms with van der Waals surface area (Å²) in [6, 6.07) is 18.4. The topological polar surface area (TPSA) is 76.6 Å². The quantitative estimate of drug-likeness (QED) is 0.573. The third-order valence-corrected chi connectivity index (χ3v) is 4.60. The first-order valence-corrected chi connectivity index (χ1v) is 8.43. The predicted octanol–water partition coefficient (Wildman–Crippen LogP) is 4.18. The van der Waals surface area contributed by atoms with E-state index in [0.717, 1.165) is 16.5 Å². The number of rotatable bonds is 3. The van der Waals surface area contributed by atoms with Gasteiger partial charge in [-0.05, 0) is 29.3 Å². The van der Waals surface area contributed by atoms with Crippen LogP contribution in [0.1, 0.15) is 5.56 Å². The molecule has 0 aliphatic carbocycles. The maximum absolute atomic E-state index is 11.8. The summed E-state index contributed by atoms with van der Waals surface area (Å²) in [6.45, 7) is 0.361. The fourth-order valence-electron chi connectivity index (χ4n) is 3.23. The van der Waals surface area contributed by atoms with Gasteiger partial charge in [-0.1, -0.05) is 36.4 Å². The van der Waals surface area contributed by atoms with E-state index in [1.54, 1.807) is 24.4 Å². The maximum Gasteiger partial charge on any atom is 0.418 e. The zero-order valence-electron chi connectivity index (χ0n) is 14.7. The molecular formula is C21H18N2O4. The Morgan fingerprint density at radius 2 is 1.81 bits per heavy atom. The third kappa shape index (κ3) is 2.91. The highest BCUT2D eigenvalue weighted by atomic mass is 16.5. The van der Waals surface area contributed by atoms with Crippen molar-refractivity contribution in [3.8, 4) is 22.9 Å². The standard InChI is InChI=1S/C21H18N2O4/c1-27-21(26)22-10-9-16-11-15(7-8-18(16)22)17-12-19(24)23(20(17)25)13-14-5-3-2-4-6-14/h2-12,24-25H,13H2,1H3. The summed E-state index contributed by atoms with van der Waals surface area (Å²) in [6.07, 6.45) is 1.17. The number of hydrogen-bond donors (Lipinski definition) is 2. The van der Waals surface area contributed by atoms with Crippen LogP contribution in [-0.2, 0) is 11.3 Å².